The van der Waals surface area contributed by atoms with Crippen molar-refractivity contribution in [1.29, 1.82) is 0 Å². The Balaban J connectivity index is 2.91. The van der Waals surface area contributed by atoms with Crippen LogP contribution in [-0.4, -0.2) is 12.2 Å². The van der Waals surface area contributed by atoms with Crippen LogP contribution < -0.4 is 4.74 Å². The number of hydrogen-bond donors (Lipinski definition) is 0. The maximum Gasteiger partial charge on any atom is 0.308 e. The van der Waals surface area contributed by atoms with Crippen molar-refractivity contribution in [2.45, 2.75) is 18.7 Å². The van der Waals surface area contributed by atoms with Crippen LogP contribution in [0.25, 0.3) is 0 Å². The Bertz CT molecular complexity index is 321. The molecule has 0 fully saturated rings. The summed E-state index contributed by atoms with van der Waals surface area (Å²) in [6, 6.07) is 5.77. The van der Waals surface area contributed by atoms with Crippen LogP contribution in [0.15, 0.2) is 23.1 Å². The second-order valence-electron chi connectivity index (χ2n) is 2.73. The molecule has 1 aromatic rings. The Labute approximate surface area is 82.3 Å². The molecule has 1 rings (SSSR count). The van der Waals surface area contributed by atoms with E-state index in [1.807, 2.05) is 31.4 Å². The summed E-state index contributed by atoms with van der Waals surface area (Å²) in [6.07, 6.45) is 2.01. The van der Waals surface area contributed by atoms with Crippen molar-refractivity contribution in [3.63, 3.8) is 0 Å². The molecule has 1 aromatic carbocycles. The zero-order valence-electron chi connectivity index (χ0n) is 7.96. The zero-order chi connectivity index (χ0) is 9.84. The van der Waals surface area contributed by atoms with Gasteiger partial charge in [0.2, 0.25) is 0 Å². The molecule has 0 spiro atoms. The third-order valence-corrected chi connectivity index (χ3v) is 2.36. The number of benzene rings is 1. The first kappa shape index (κ1) is 10.1. The highest BCUT2D eigenvalue weighted by molar-refractivity contribution is 7.98. The summed E-state index contributed by atoms with van der Waals surface area (Å²) in [5.41, 5.74) is 0.988. The molecule has 0 aliphatic heterocycles. The van der Waals surface area contributed by atoms with Gasteiger partial charge < -0.3 is 4.74 Å². The number of esters is 1. The average Bonchev–Trinajstić information content (AvgIpc) is 2.08. The molecule has 0 aromatic heterocycles. The van der Waals surface area contributed by atoms with Gasteiger partial charge in [-0.3, -0.25) is 4.79 Å². The largest absolute Gasteiger partial charge is 0.426 e. The minimum absolute atomic E-state index is 0.278. The van der Waals surface area contributed by atoms with Crippen molar-refractivity contribution < 1.29 is 9.53 Å². The molecule has 0 aliphatic rings. The first-order valence-electron chi connectivity index (χ1n) is 3.96. The maximum absolute atomic E-state index is 10.7. The van der Waals surface area contributed by atoms with E-state index in [4.69, 9.17) is 4.74 Å². The van der Waals surface area contributed by atoms with Crippen molar-refractivity contribution in [1.82, 2.24) is 0 Å². The minimum Gasteiger partial charge on any atom is -0.426 e. The van der Waals surface area contributed by atoms with E-state index in [2.05, 4.69) is 0 Å². The SMILES string of the molecule is CSc1ccc(OC(C)=O)c(C)c1. The number of rotatable bonds is 2. The molecule has 3 heteroatoms. The predicted molar refractivity (Wildman–Crippen MR) is 54.3 cm³/mol. The molecule has 0 saturated heterocycles. The van der Waals surface area contributed by atoms with Gasteiger partial charge in [0.1, 0.15) is 5.75 Å². The predicted octanol–water partition coefficient (Wildman–Crippen LogP) is 2.64. The monoisotopic (exact) mass is 196 g/mol. The highest BCUT2D eigenvalue weighted by Crippen LogP contribution is 2.23. The molecular formula is C10H12O2S. The third kappa shape index (κ3) is 2.77. The second-order valence-corrected chi connectivity index (χ2v) is 3.60. The van der Waals surface area contributed by atoms with Crippen LogP contribution in [0.5, 0.6) is 5.75 Å². The summed E-state index contributed by atoms with van der Waals surface area (Å²) in [5.74, 6) is 0.366. The van der Waals surface area contributed by atoms with Gasteiger partial charge in [0.25, 0.3) is 0 Å². The van der Waals surface area contributed by atoms with E-state index in [1.54, 1.807) is 11.8 Å². The standard InChI is InChI=1S/C10H12O2S/c1-7-6-9(13-3)4-5-10(7)12-8(2)11/h4-6H,1-3H3. The van der Waals surface area contributed by atoms with Crippen molar-refractivity contribution in [3.8, 4) is 5.75 Å². The molecule has 2 nitrogen and oxygen atoms in total. The van der Waals surface area contributed by atoms with Crippen LogP contribution in [0.3, 0.4) is 0 Å². The van der Waals surface area contributed by atoms with Gasteiger partial charge in [0, 0.05) is 11.8 Å². The van der Waals surface area contributed by atoms with Crippen LogP contribution >= 0.6 is 11.8 Å². The van der Waals surface area contributed by atoms with Gasteiger partial charge in [0.15, 0.2) is 0 Å². The summed E-state index contributed by atoms with van der Waals surface area (Å²) in [7, 11) is 0. The van der Waals surface area contributed by atoms with E-state index in [0.717, 1.165) is 5.56 Å². The molecule has 0 radical (unpaired) electrons. The molecule has 13 heavy (non-hydrogen) atoms. The Kier molecular flexibility index (Phi) is 3.37. The summed E-state index contributed by atoms with van der Waals surface area (Å²) >= 11 is 1.67. The fraction of sp³-hybridized carbons (Fsp3) is 0.300. The summed E-state index contributed by atoms with van der Waals surface area (Å²) in [5, 5.41) is 0. The fourth-order valence-corrected chi connectivity index (χ4v) is 1.52. The first-order chi connectivity index (χ1) is 6.13. The van der Waals surface area contributed by atoms with Gasteiger partial charge in [-0.25, -0.2) is 0 Å². The lowest BCUT2D eigenvalue weighted by Gasteiger charge is -2.05. The summed E-state index contributed by atoms with van der Waals surface area (Å²) in [6.45, 7) is 3.33. The van der Waals surface area contributed by atoms with Crippen LogP contribution in [0.2, 0.25) is 0 Å². The Hall–Kier alpha value is -0.960. The lowest BCUT2D eigenvalue weighted by atomic mass is 10.2. The number of hydrogen-bond acceptors (Lipinski definition) is 3. The van der Waals surface area contributed by atoms with Gasteiger partial charge in [-0.05, 0) is 36.9 Å². The molecule has 0 bridgehead atoms. The van der Waals surface area contributed by atoms with Gasteiger partial charge in [-0.1, -0.05) is 0 Å². The van der Waals surface area contributed by atoms with Crippen molar-refractivity contribution >= 4 is 17.7 Å². The van der Waals surface area contributed by atoms with E-state index < -0.39 is 0 Å². The molecule has 0 aliphatic carbocycles. The lowest BCUT2D eigenvalue weighted by molar-refractivity contribution is -0.131. The normalized spacial score (nSPS) is 9.77. The van der Waals surface area contributed by atoms with Crippen LogP contribution in [-0.2, 0) is 4.79 Å². The Morgan fingerprint density at radius 2 is 2.15 bits per heavy atom. The first-order valence-corrected chi connectivity index (χ1v) is 5.19. The third-order valence-electron chi connectivity index (χ3n) is 1.64. The Morgan fingerprint density at radius 1 is 1.46 bits per heavy atom. The number of ether oxygens (including phenoxy) is 1. The van der Waals surface area contributed by atoms with E-state index in [0.29, 0.717) is 5.75 Å². The topological polar surface area (TPSA) is 26.3 Å². The van der Waals surface area contributed by atoms with E-state index >= 15 is 0 Å². The fourth-order valence-electron chi connectivity index (χ4n) is 1.02. The van der Waals surface area contributed by atoms with E-state index in [-0.39, 0.29) is 5.97 Å². The van der Waals surface area contributed by atoms with Crippen molar-refractivity contribution in [2.75, 3.05) is 6.26 Å². The molecule has 0 unspecified atom stereocenters. The lowest BCUT2D eigenvalue weighted by Crippen LogP contribution is -2.02. The smallest absolute Gasteiger partial charge is 0.308 e. The summed E-state index contributed by atoms with van der Waals surface area (Å²) in [4.78, 5) is 11.9. The molecule has 0 heterocycles. The molecule has 0 atom stereocenters. The maximum atomic E-state index is 10.7. The summed E-state index contributed by atoms with van der Waals surface area (Å²) < 4.78 is 5.00. The Morgan fingerprint density at radius 3 is 2.62 bits per heavy atom. The van der Waals surface area contributed by atoms with Gasteiger partial charge in [0.05, 0.1) is 0 Å². The van der Waals surface area contributed by atoms with Crippen LogP contribution in [0, 0.1) is 6.92 Å². The van der Waals surface area contributed by atoms with Gasteiger partial charge in [-0.2, -0.15) is 0 Å². The average molecular weight is 196 g/mol. The van der Waals surface area contributed by atoms with E-state index in [9.17, 15) is 4.79 Å². The quantitative estimate of drug-likeness (QED) is 0.413. The van der Waals surface area contributed by atoms with E-state index in [1.165, 1.54) is 11.8 Å². The zero-order valence-corrected chi connectivity index (χ0v) is 8.77. The van der Waals surface area contributed by atoms with Crippen LogP contribution in [0.1, 0.15) is 12.5 Å². The minimum atomic E-state index is -0.278. The van der Waals surface area contributed by atoms with Gasteiger partial charge >= 0.3 is 5.97 Å². The highest BCUT2D eigenvalue weighted by atomic mass is 32.2. The molecule has 0 saturated carbocycles. The molecule has 0 amide bonds. The second kappa shape index (κ2) is 4.33. The number of carbonyl (C=O) groups is 1. The molecule has 0 N–H and O–H groups in total. The van der Waals surface area contributed by atoms with Crippen LogP contribution in [0.4, 0.5) is 0 Å². The number of carbonyl (C=O) groups excluding carboxylic acids is 1. The molecular weight excluding hydrogens is 184 g/mol. The number of aryl methyl sites for hydroxylation is 1. The molecule has 70 valence electrons. The van der Waals surface area contributed by atoms with Gasteiger partial charge in [-0.15, -0.1) is 11.8 Å². The van der Waals surface area contributed by atoms with Crippen molar-refractivity contribution in [3.05, 3.63) is 23.8 Å². The highest BCUT2D eigenvalue weighted by Gasteiger charge is 2.02. The van der Waals surface area contributed by atoms with Crippen molar-refractivity contribution in [2.24, 2.45) is 0 Å². The number of thioether (sulfide) groups is 1.